The fraction of sp³-hybridized carbons (Fsp3) is 0.379. The van der Waals surface area contributed by atoms with Crippen molar-refractivity contribution in [3.05, 3.63) is 78.4 Å². The Morgan fingerprint density at radius 3 is 2.35 bits per heavy atom. The van der Waals surface area contributed by atoms with Gasteiger partial charge in [0.1, 0.15) is 0 Å². The minimum atomic E-state index is -1.16. The van der Waals surface area contributed by atoms with E-state index >= 15 is 0 Å². The minimum absolute atomic E-state index is 0.00957. The SMILES string of the molecule is CCCc1ccc(-c2ccc(N(C[C@@H](NC(=O)O)[C@@H](C)OC)C(=O)C3CC3c3cnccn3)cc2)cc1. The Kier molecular flexibility index (Phi) is 8.50. The standard InChI is InChI=1S/C29H34N4O4/c1-4-5-20-6-8-21(9-7-20)22-10-12-23(13-11-22)33(18-27(19(2)37-3)32-29(35)36)28(34)25-16-24(25)26-17-30-14-15-31-26/h6-15,17,19,24-25,27,32H,4-5,16,18H2,1-3H3,(H,35,36)/t19-,24?,25?,27-/m1/s1. The number of carbonyl (C=O) groups excluding carboxylic acids is 1. The van der Waals surface area contributed by atoms with Gasteiger partial charge in [0.2, 0.25) is 5.91 Å². The second-order valence-corrected chi connectivity index (χ2v) is 9.52. The number of nitrogens with zero attached hydrogens (tertiary/aromatic N) is 3. The number of carbonyl (C=O) groups is 2. The lowest BCUT2D eigenvalue weighted by molar-refractivity contribution is -0.120. The summed E-state index contributed by atoms with van der Waals surface area (Å²) in [5, 5.41) is 11.9. The van der Waals surface area contributed by atoms with Crippen LogP contribution in [-0.4, -0.2) is 52.9 Å². The zero-order valence-electron chi connectivity index (χ0n) is 21.5. The molecule has 2 aromatic carbocycles. The van der Waals surface area contributed by atoms with Crippen molar-refractivity contribution in [1.82, 2.24) is 15.3 Å². The second-order valence-electron chi connectivity index (χ2n) is 9.52. The van der Waals surface area contributed by atoms with Gasteiger partial charge in [0, 0.05) is 49.8 Å². The third-order valence-corrected chi connectivity index (χ3v) is 6.97. The lowest BCUT2D eigenvalue weighted by Crippen LogP contribution is -2.51. The molecule has 1 aromatic heterocycles. The third kappa shape index (κ3) is 6.51. The molecule has 1 fully saturated rings. The lowest BCUT2D eigenvalue weighted by atomic mass is 10.0. The number of carboxylic acid groups (broad SMARTS) is 1. The molecule has 1 aliphatic rings. The molecular weight excluding hydrogens is 468 g/mol. The number of amides is 2. The fourth-order valence-corrected chi connectivity index (χ4v) is 4.64. The molecule has 1 aliphatic carbocycles. The van der Waals surface area contributed by atoms with E-state index in [1.165, 1.54) is 12.7 Å². The van der Waals surface area contributed by atoms with Gasteiger partial charge in [-0.15, -0.1) is 0 Å². The van der Waals surface area contributed by atoms with Crippen LogP contribution in [0.3, 0.4) is 0 Å². The van der Waals surface area contributed by atoms with E-state index in [9.17, 15) is 14.7 Å². The van der Waals surface area contributed by atoms with Crippen molar-refractivity contribution in [3.8, 4) is 11.1 Å². The molecule has 0 spiro atoms. The summed E-state index contributed by atoms with van der Waals surface area (Å²) >= 11 is 0. The molecule has 0 aliphatic heterocycles. The fourth-order valence-electron chi connectivity index (χ4n) is 4.64. The zero-order chi connectivity index (χ0) is 26.4. The van der Waals surface area contributed by atoms with Crippen LogP contribution in [0, 0.1) is 5.92 Å². The summed E-state index contributed by atoms with van der Waals surface area (Å²) in [4.78, 5) is 35.4. The number of hydrogen-bond acceptors (Lipinski definition) is 5. The van der Waals surface area contributed by atoms with Crippen LogP contribution in [-0.2, 0) is 16.0 Å². The Morgan fingerprint density at radius 1 is 1.11 bits per heavy atom. The molecule has 2 unspecified atom stereocenters. The highest BCUT2D eigenvalue weighted by Crippen LogP contribution is 2.48. The first kappa shape index (κ1) is 26.3. The maximum absolute atomic E-state index is 13.7. The van der Waals surface area contributed by atoms with Gasteiger partial charge in [0.05, 0.1) is 17.8 Å². The number of methoxy groups -OCH3 is 1. The summed E-state index contributed by atoms with van der Waals surface area (Å²) in [5.74, 6) is -0.283. The Hall–Kier alpha value is -3.78. The highest BCUT2D eigenvalue weighted by Gasteiger charge is 2.47. The average molecular weight is 503 g/mol. The van der Waals surface area contributed by atoms with Gasteiger partial charge in [0.25, 0.3) is 0 Å². The van der Waals surface area contributed by atoms with Crippen LogP contribution in [0.15, 0.2) is 67.1 Å². The Bertz CT molecular complexity index is 1180. The van der Waals surface area contributed by atoms with E-state index in [1.54, 1.807) is 30.4 Å². The van der Waals surface area contributed by atoms with Gasteiger partial charge in [-0.1, -0.05) is 49.7 Å². The molecule has 8 nitrogen and oxygen atoms in total. The molecule has 4 atom stereocenters. The summed E-state index contributed by atoms with van der Waals surface area (Å²) in [7, 11) is 1.53. The van der Waals surface area contributed by atoms with Gasteiger partial charge >= 0.3 is 6.09 Å². The van der Waals surface area contributed by atoms with Crippen LogP contribution in [0.5, 0.6) is 0 Å². The van der Waals surface area contributed by atoms with Crippen LogP contribution in [0.4, 0.5) is 10.5 Å². The van der Waals surface area contributed by atoms with Gasteiger partial charge in [-0.2, -0.15) is 0 Å². The molecule has 0 radical (unpaired) electrons. The first-order chi connectivity index (χ1) is 17.9. The molecule has 0 bridgehead atoms. The minimum Gasteiger partial charge on any atom is -0.465 e. The topological polar surface area (TPSA) is 105 Å². The van der Waals surface area contributed by atoms with Crippen LogP contribution >= 0.6 is 0 Å². The number of nitrogens with one attached hydrogen (secondary N) is 1. The van der Waals surface area contributed by atoms with Gasteiger partial charge in [0.15, 0.2) is 0 Å². The van der Waals surface area contributed by atoms with Gasteiger partial charge in [-0.05, 0) is 48.6 Å². The second kappa shape index (κ2) is 12.0. The Balaban J connectivity index is 1.59. The van der Waals surface area contributed by atoms with Gasteiger partial charge in [-0.3, -0.25) is 14.8 Å². The number of anilines is 1. The Labute approximate surface area is 217 Å². The number of aryl methyl sites for hydroxylation is 1. The predicted molar refractivity (Wildman–Crippen MR) is 143 cm³/mol. The highest BCUT2D eigenvalue weighted by molar-refractivity contribution is 5.97. The van der Waals surface area contributed by atoms with E-state index in [0.29, 0.717) is 12.1 Å². The number of benzene rings is 2. The van der Waals surface area contributed by atoms with Crippen LogP contribution in [0.2, 0.25) is 0 Å². The van der Waals surface area contributed by atoms with E-state index in [0.717, 1.165) is 29.7 Å². The quantitative estimate of drug-likeness (QED) is 0.386. The Morgan fingerprint density at radius 2 is 1.78 bits per heavy atom. The van der Waals surface area contributed by atoms with Crippen molar-refractivity contribution in [2.75, 3.05) is 18.6 Å². The average Bonchev–Trinajstić information content (AvgIpc) is 3.72. The van der Waals surface area contributed by atoms with Crippen molar-refractivity contribution in [3.63, 3.8) is 0 Å². The predicted octanol–water partition coefficient (Wildman–Crippen LogP) is 4.90. The molecule has 37 heavy (non-hydrogen) atoms. The molecule has 2 amide bonds. The van der Waals surface area contributed by atoms with E-state index in [2.05, 4.69) is 46.5 Å². The molecule has 1 saturated carbocycles. The van der Waals surface area contributed by atoms with Gasteiger partial charge < -0.3 is 20.1 Å². The summed E-state index contributed by atoms with van der Waals surface area (Å²) in [6.07, 6.45) is 6.21. The van der Waals surface area contributed by atoms with Gasteiger partial charge in [-0.25, -0.2) is 4.79 Å². The number of ether oxygens (including phenoxy) is 1. The summed E-state index contributed by atoms with van der Waals surface area (Å²) < 4.78 is 5.42. The van der Waals surface area contributed by atoms with E-state index in [1.807, 2.05) is 24.3 Å². The van der Waals surface area contributed by atoms with E-state index in [-0.39, 0.29) is 24.3 Å². The molecule has 194 valence electrons. The summed E-state index contributed by atoms with van der Waals surface area (Å²) in [5.41, 5.74) is 4.97. The smallest absolute Gasteiger partial charge is 0.405 e. The monoisotopic (exact) mass is 502 g/mol. The van der Waals surface area contributed by atoms with Crippen molar-refractivity contribution < 1.29 is 19.4 Å². The maximum atomic E-state index is 13.7. The molecule has 3 aromatic rings. The van der Waals surface area contributed by atoms with Crippen LogP contribution < -0.4 is 10.2 Å². The van der Waals surface area contributed by atoms with E-state index < -0.39 is 18.2 Å². The molecule has 8 heteroatoms. The van der Waals surface area contributed by atoms with E-state index in [4.69, 9.17) is 4.74 Å². The number of hydrogen-bond donors (Lipinski definition) is 2. The van der Waals surface area contributed by atoms with Crippen LogP contribution in [0.1, 0.15) is 43.9 Å². The lowest BCUT2D eigenvalue weighted by Gasteiger charge is -2.31. The number of aromatic nitrogens is 2. The molecule has 4 rings (SSSR count). The summed E-state index contributed by atoms with van der Waals surface area (Å²) in [6.45, 7) is 4.10. The zero-order valence-corrected chi connectivity index (χ0v) is 21.5. The third-order valence-electron chi connectivity index (χ3n) is 6.97. The molecular formula is C29H34N4O4. The summed E-state index contributed by atoms with van der Waals surface area (Å²) in [6, 6.07) is 15.8. The van der Waals surface area contributed by atoms with Crippen molar-refractivity contribution in [1.29, 1.82) is 0 Å². The largest absolute Gasteiger partial charge is 0.465 e. The number of rotatable bonds is 11. The van der Waals surface area contributed by atoms with Crippen molar-refractivity contribution in [2.24, 2.45) is 5.92 Å². The van der Waals surface area contributed by atoms with Crippen molar-refractivity contribution in [2.45, 2.75) is 51.2 Å². The molecule has 2 N–H and O–H groups in total. The first-order valence-corrected chi connectivity index (χ1v) is 12.7. The molecule has 1 heterocycles. The maximum Gasteiger partial charge on any atom is 0.405 e. The first-order valence-electron chi connectivity index (χ1n) is 12.7. The van der Waals surface area contributed by atoms with Crippen LogP contribution in [0.25, 0.3) is 11.1 Å². The highest BCUT2D eigenvalue weighted by atomic mass is 16.5. The normalized spacial score (nSPS) is 18.0. The molecule has 0 saturated heterocycles. The van der Waals surface area contributed by atoms with Crippen molar-refractivity contribution >= 4 is 17.7 Å².